The molecule has 25 heavy (non-hydrogen) atoms. The fraction of sp³-hybridized carbons (Fsp3) is 0.667. The van der Waals surface area contributed by atoms with Gasteiger partial charge in [-0.25, -0.2) is 9.98 Å². The van der Waals surface area contributed by atoms with Gasteiger partial charge in [-0.1, -0.05) is 5.57 Å². The van der Waals surface area contributed by atoms with Crippen LogP contribution in [-0.2, 0) is 4.74 Å². The van der Waals surface area contributed by atoms with Crippen LogP contribution in [-0.4, -0.2) is 92.8 Å². The molecule has 3 aliphatic rings. The summed E-state index contributed by atoms with van der Waals surface area (Å²) < 4.78 is 5.52. The van der Waals surface area contributed by atoms with E-state index >= 15 is 0 Å². The van der Waals surface area contributed by atoms with Crippen LogP contribution in [0, 0.1) is 0 Å². The lowest BCUT2D eigenvalue weighted by Crippen LogP contribution is -2.61. The molecule has 0 aromatic heterocycles. The quantitative estimate of drug-likeness (QED) is 0.344. The molecule has 2 unspecified atom stereocenters. The number of aliphatic hydroxyl groups is 4. The Morgan fingerprint density at radius 1 is 1.52 bits per heavy atom. The van der Waals surface area contributed by atoms with Crippen LogP contribution in [0.2, 0.25) is 0 Å². The normalized spacial score (nSPS) is 38.4. The summed E-state index contributed by atoms with van der Waals surface area (Å²) >= 11 is 0. The molecule has 0 radical (unpaired) electrons. The minimum absolute atomic E-state index is 0.0723. The molecule has 0 bridgehead atoms. The van der Waals surface area contributed by atoms with E-state index in [4.69, 9.17) is 10.5 Å². The minimum atomic E-state index is -1.48. The molecular weight excluding hydrogens is 330 g/mol. The zero-order valence-corrected chi connectivity index (χ0v) is 13.9. The van der Waals surface area contributed by atoms with E-state index in [0.717, 1.165) is 5.57 Å². The standard InChI is InChI=1S/C15H23N5O5/c1-7(2)3-9(22)15(16)12-13(17-5-19-15)20(6-18-12)14-11(24)10(23)8(4-21)25-14/h5,8-11,14,21-24H,1,3-4,6,16H2,2H3/t8-,9?,10-,11-,14-,15?/m1/s1. The number of amidine groups is 1. The average Bonchev–Trinajstić information content (AvgIpc) is 3.10. The second-order valence-electron chi connectivity index (χ2n) is 6.55. The van der Waals surface area contributed by atoms with E-state index in [-0.39, 0.29) is 18.8 Å². The number of aliphatic imine (C=N–C) groups is 3. The van der Waals surface area contributed by atoms with Gasteiger partial charge in [0.2, 0.25) is 0 Å². The number of nitrogens with two attached hydrogens (primary N) is 1. The molecule has 10 nitrogen and oxygen atoms in total. The van der Waals surface area contributed by atoms with Crippen molar-refractivity contribution >= 4 is 17.9 Å². The highest BCUT2D eigenvalue weighted by Gasteiger charge is 2.52. The molecule has 1 fully saturated rings. The summed E-state index contributed by atoms with van der Waals surface area (Å²) in [6, 6.07) is 0. The third kappa shape index (κ3) is 2.90. The molecule has 3 rings (SSSR count). The third-order valence-electron chi connectivity index (χ3n) is 4.57. The molecular formula is C15H23N5O5. The second-order valence-corrected chi connectivity index (χ2v) is 6.55. The van der Waals surface area contributed by atoms with Crippen LogP contribution in [0.3, 0.4) is 0 Å². The number of fused-ring (bicyclic) bond motifs is 1. The first-order valence-corrected chi connectivity index (χ1v) is 7.96. The van der Waals surface area contributed by atoms with E-state index in [9.17, 15) is 20.4 Å². The van der Waals surface area contributed by atoms with Crippen LogP contribution in [0.15, 0.2) is 27.1 Å². The van der Waals surface area contributed by atoms with E-state index in [1.165, 1.54) is 11.2 Å². The number of nitrogens with zero attached hydrogens (tertiary/aromatic N) is 4. The maximum Gasteiger partial charge on any atom is 0.182 e. The lowest BCUT2D eigenvalue weighted by Gasteiger charge is -2.35. The van der Waals surface area contributed by atoms with Gasteiger partial charge >= 0.3 is 0 Å². The molecule has 0 aromatic carbocycles. The van der Waals surface area contributed by atoms with Gasteiger partial charge in [-0.05, 0) is 13.3 Å². The van der Waals surface area contributed by atoms with Crippen molar-refractivity contribution in [3.8, 4) is 0 Å². The lowest BCUT2D eigenvalue weighted by molar-refractivity contribution is -0.0688. The van der Waals surface area contributed by atoms with E-state index < -0.39 is 42.9 Å². The summed E-state index contributed by atoms with van der Waals surface area (Å²) in [6.07, 6.45) is -3.89. The van der Waals surface area contributed by atoms with E-state index in [2.05, 4.69) is 21.6 Å². The zero-order chi connectivity index (χ0) is 18.4. The van der Waals surface area contributed by atoms with Gasteiger partial charge < -0.3 is 30.1 Å². The number of rotatable bonds is 5. The molecule has 0 spiro atoms. The SMILES string of the molecule is C=C(C)CC(O)C1(N)N=CN=C2C1=NCN2[C@@H]1O[C@H](CO)[C@@H](O)[C@H]1O. The van der Waals surface area contributed by atoms with Crippen LogP contribution in [0.5, 0.6) is 0 Å². The van der Waals surface area contributed by atoms with Crippen LogP contribution in [0.4, 0.5) is 0 Å². The van der Waals surface area contributed by atoms with Gasteiger partial charge in [0.05, 0.1) is 6.61 Å². The van der Waals surface area contributed by atoms with Crippen molar-refractivity contribution in [3.63, 3.8) is 0 Å². The van der Waals surface area contributed by atoms with Gasteiger partial charge in [0.25, 0.3) is 0 Å². The molecule has 6 N–H and O–H groups in total. The average molecular weight is 353 g/mol. The zero-order valence-electron chi connectivity index (χ0n) is 13.9. The summed E-state index contributed by atoms with van der Waals surface area (Å²) in [5.41, 5.74) is 5.83. The van der Waals surface area contributed by atoms with Gasteiger partial charge in [-0.2, -0.15) is 0 Å². The highest BCUT2D eigenvalue weighted by atomic mass is 16.6. The maximum absolute atomic E-state index is 10.5. The molecule has 138 valence electrons. The molecule has 1 saturated heterocycles. The van der Waals surface area contributed by atoms with Crippen molar-refractivity contribution in [2.75, 3.05) is 13.3 Å². The largest absolute Gasteiger partial charge is 0.394 e. The van der Waals surface area contributed by atoms with Gasteiger partial charge in [0, 0.05) is 0 Å². The Morgan fingerprint density at radius 3 is 2.84 bits per heavy atom. The van der Waals surface area contributed by atoms with Crippen molar-refractivity contribution < 1.29 is 25.2 Å². The van der Waals surface area contributed by atoms with Gasteiger partial charge in [0.1, 0.15) is 43.1 Å². The summed E-state index contributed by atoms with van der Waals surface area (Å²) in [7, 11) is 0. The first-order chi connectivity index (χ1) is 11.8. The number of ether oxygens (including phenoxy) is 1. The predicted octanol–water partition coefficient (Wildman–Crippen LogP) is -2.44. The first-order valence-electron chi connectivity index (χ1n) is 7.96. The van der Waals surface area contributed by atoms with Crippen LogP contribution in [0.25, 0.3) is 0 Å². The van der Waals surface area contributed by atoms with E-state index in [1.807, 2.05) is 0 Å². The maximum atomic E-state index is 10.5. The molecule has 3 aliphatic heterocycles. The van der Waals surface area contributed by atoms with Gasteiger partial charge in [0.15, 0.2) is 17.7 Å². The Morgan fingerprint density at radius 2 is 2.24 bits per heavy atom. The van der Waals surface area contributed by atoms with Crippen molar-refractivity contribution in [1.82, 2.24) is 4.90 Å². The molecule has 6 atom stereocenters. The smallest absolute Gasteiger partial charge is 0.182 e. The van der Waals surface area contributed by atoms with Crippen molar-refractivity contribution in [3.05, 3.63) is 12.2 Å². The number of aliphatic hydroxyl groups excluding tert-OH is 4. The molecule has 0 aliphatic carbocycles. The first kappa shape index (κ1) is 18.1. The lowest BCUT2D eigenvalue weighted by atomic mass is 9.92. The van der Waals surface area contributed by atoms with Gasteiger partial charge in [-0.15, -0.1) is 6.58 Å². The van der Waals surface area contributed by atoms with E-state index in [1.54, 1.807) is 6.92 Å². The Bertz CT molecular complexity index is 650. The summed E-state index contributed by atoms with van der Waals surface area (Å²) in [5.74, 6) is 0.313. The minimum Gasteiger partial charge on any atom is -0.394 e. The van der Waals surface area contributed by atoms with Crippen LogP contribution >= 0.6 is 0 Å². The Hall–Kier alpha value is -1.69. The Kier molecular flexibility index (Phi) is 4.75. The molecule has 3 heterocycles. The van der Waals surface area contributed by atoms with Crippen molar-refractivity contribution in [2.45, 2.75) is 49.7 Å². The number of hydrogen-bond acceptors (Lipinski definition) is 10. The molecule has 0 saturated carbocycles. The Labute approximate surface area is 144 Å². The molecule has 10 heteroatoms. The monoisotopic (exact) mass is 353 g/mol. The third-order valence-corrected chi connectivity index (χ3v) is 4.57. The van der Waals surface area contributed by atoms with Crippen molar-refractivity contribution in [1.29, 1.82) is 0 Å². The topological polar surface area (TPSA) is 156 Å². The summed E-state index contributed by atoms with van der Waals surface area (Å²) in [5, 5.41) is 39.8. The van der Waals surface area contributed by atoms with E-state index in [0.29, 0.717) is 5.84 Å². The van der Waals surface area contributed by atoms with Gasteiger partial charge in [-0.3, -0.25) is 10.7 Å². The fourth-order valence-corrected chi connectivity index (χ4v) is 3.17. The van der Waals surface area contributed by atoms with Crippen LogP contribution in [0.1, 0.15) is 13.3 Å². The molecule has 0 aromatic rings. The highest BCUT2D eigenvalue weighted by Crippen LogP contribution is 2.30. The van der Waals surface area contributed by atoms with Crippen molar-refractivity contribution in [2.24, 2.45) is 20.7 Å². The summed E-state index contributed by atoms with van der Waals surface area (Å²) in [6.45, 7) is 5.19. The fourth-order valence-electron chi connectivity index (χ4n) is 3.17. The van der Waals surface area contributed by atoms with Crippen LogP contribution < -0.4 is 5.73 Å². The number of hydrogen-bond donors (Lipinski definition) is 5. The molecule has 0 amide bonds. The predicted molar refractivity (Wildman–Crippen MR) is 90.2 cm³/mol. The Balaban J connectivity index is 1.83. The summed E-state index contributed by atoms with van der Waals surface area (Å²) in [4.78, 5) is 14.1. The second kappa shape index (κ2) is 6.56. The highest BCUT2D eigenvalue weighted by molar-refractivity contribution is 6.47.